The van der Waals surface area contributed by atoms with E-state index in [2.05, 4.69) is 16.1 Å². The summed E-state index contributed by atoms with van der Waals surface area (Å²) in [6, 6.07) is 0. The van der Waals surface area contributed by atoms with E-state index in [0.29, 0.717) is 13.1 Å². The Hall–Kier alpha value is -0.820. The first-order valence-corrected chi connectivity index (χ1v) is 3.70. The Labute approximate surface area is 87.9 Å². The van der Waals surface area contributed by atoms with E-state index in [1.165, 1.54) is 6.92 Å². The van der Waals surface area contributed by atoms with Gasteiger partial charge in [-0.2, -0.15) is 0 Å². The van der Waals surface area contributed by atoms with Crippen molar-refractivity contribution in [1.29, 1.82) is 5.41 Å². The summed E-state index contributed by atoms with van der Waals surface area (Å²) < 4.78 is 0. The molecule has 0 heterocycles. The molecule has 0 spiro atoms. The van der Waals surface area contributed by atoms with Gasteiger partial charge in [0, 0.05) is 20.0 Å². The average Bonchev–Trinajstić information content (AvgIpc) is 2.03. The summed E-state index contributed by atoms with van der Waals surface area (Å²) in [6.45, 7) is 2.69. The van der Waals surface area contributed by atoms with Gasteiger partial charge in [0.05, 0.1) is 0 Å². The predicted molar refractivity (Wildman–Crippen MR) is 56.7 cm³/mol. The van der Waals surface area contributed by atoms with Crippen molar-refractivity contribution in [3.8, 4) is 0 Å². The molecule has 1 amide bonds. The summed E-state index contributed by atoms with van der Waals surface area (Å²) in [7, 11) is 0. The molecule has 7 heteroatoms. The third-order valence-electron chi connectivity index (χ3n) is 1.17. The SMILES string of the molecule is Br.CC(=O)NCCCNC(=N)NN. The Morgan fingerprint density at radius 3 is 2.38 bits per heavy atom. The Balaban J connectivity index is 0. The number of amides is 1. The van der Waals surface area contributed by atoms with Gasteiger partial charge in [-0.3, -0.25) is 15.6 Å². The quantitative estimate of drug-likeness (QED) is 0.147. The molecule has 0 saturated heterocycles. The molecule has 6 N–H and O–H groups in total. The van der Waals surface area contributed by atoms with Crippen LogP contribution in [0.15, 0.2) is 0 Å². The van der Waals surface area contributed by atoms with Gasteiger partial charge in [-0.15, -0.1) is 17.0 Å². The van der Waals surface area contributed by atoms with Crippen LogP contribution >= 0.6 is 17.0 Å². The molecule has 0 rings (SSSR count). The number of nitrogens with one attached hydrogen (secondary N) is 4. The first-order valence-electron chi connectivity index (χ1n) is 3.70. The maximum Gasteiger partial charge on any atom is 0.216 e. The van der Waals surface area contributed by atoms with E-state index in [4.69, 9.17) is 11.3 Å². The summed E-state index contributed by atoms with van der Waals surface area (Å²) in [6.07, 6.45) is 0.768. The van der Waals surface area contributed by atoms with E-state index >= 15 is 0 Å². The van der Waals surface area contributed by atoms with Gasteiger partial charge in [0.1, 0.15) is 0 Å². The summed E-state index contributed by atoms with van der Waals surface area (Å²) in [5, 5.41) is 12.4. The zero-order valence-electron chi connectivity index (χ0n) is 7.52. The Kier molecular flexibility index (Phi) is 10.5. The van der Waals surface area contributed by atoms with Crippen molar-refractivity contribution in [2.24, 2.45) is 5.84 Å². The molecule has 0 aliphatic heterocycles. The second-order valence-corrected chi connectivity index (χ2v) is 2.28. The zero-order chi connectivity index (χ0) is 9.40. The lowest BCUT2D eigenvalue weighted by atomic mass is 10.4. The largest absolute Gasteiger partial charge is 0.356 e. The van der Waals surface area contributed by atoms with Crippen molar-refractivity contribution < 1.29 is 4.79 Å². The molecule has 0 aliphatic carbocycles. The first-order chi connectivity index (χ1) is 5.66. The zero-order valence-corrected chi connectivity index (χ0v) is 9.23. The Morgan fingerprint density at radius 2 is 1.92 bits per heavy atom. The molecular formula is C6H16BrN5O. The van der Waals surface area contributed by atoms with Crippen molar-refractivity contribution >= 4 is 28.8 Å². The summed E-state index contributed by atoms with van der Waals surface area (Å²) in [4.78, 5) is 10.4. The molecule has 78 valence electrons. The molecule has 0 aliphatic rings. The minimum atomic E-state index is -0.0398. The second-order valence-electron chi connectivity index (χ2n) is 2.28. The lowest BCUT2D eigenvalue weighted by Gasteiger charge is -2.06. The van der Waals surface area contributed by atoms with E-state index in [0.717, 1.165) is 6.42 Å². The summed E-state index contributed by atoms with van der Waals surface area (Å²) >= 11 is 0. The Morgan fingerprint density at radius 1 is 1.38 bits per heavy atom. The van der Waals surface area contributed by atoms with Crippen molar-refractivity contribution in [3.63, 3.8) is 0 Å². The van der Waals surface area contributed by atoms with Gasteiger partial charge < -0.3 is 10.6 Å². The molecule has 0 aromatic heterocycles. The molecular weight excluding hydrogens is 238 g/mol. The molecule has 0 fully saturated rings. The van der Waals surface area contributed by atoms with Crippen LogP contribution in [0.3, 0.4) is 0 Å². The third-order valence-corrected chi connectivity index (χ3v) is 1.17. The van der Waals surface area contributed by atoms with Gasteiger partial charge in [-0.25, -0.2) is 5.84 Å². The third kappa shape index (κ3) is 11.2. The highest BCUT2D eigenvalue weighted by Gasteiger charge is 1.92. The lowest BCUT2D eigenvalue weighted by Crippen LogP contribution is -2.41. The molecule has 6 nitrogen and oxygen atoms in total. The number of rotatable bonds is 4. The number of guanidine groups is 1. The molecule has 0 radical (unpaired) electrons. The van der Waals surface area contributed by atoms with Crippen LogP contribution in [-0.4, -0.2) is 25.0 Å². The van der Waals surface area contributed by atoms with E-state index in [9.17, 15) is 4.79 Å². The highest BCUT2D eigenvalue weighted by Crippen LogP contribution is 1.72. The van der Waals surface area contributed by atoms with Gasteiger partial charge in [0.2, 0.25) is 11.9 Å². The van der Waals surface area contributed by atoms with Gasteiger partial charge >= 0.3 is 0 Å². The summed E-state index contributed by atoms with van der Waals surface area (Å²) in [5.74, 6) is 4.97. The fourth-order valence-corrected chi connectivity index (χ4v) is 0.617. The van der Waals surface area contributed by atoms with Crippen LogP contribution in [0.4, 0.5) is 0 Å². The number of halogens is 1. The predicted octanol–water partition coefficient (Wildman–Crippen LogP) is -0.922. The van der Waals surface area contributed by atoms with Crippen LogP contribution in [0.25, 0.3) is 0 Å². The van der Waals surface area contributed by atoms with Gasteiger partial charge in [0.15, 0.2) is 0 Å². The fourth-order valence-electron chi connectivity index (χ4n) is 0.617. The number of carbonyl (C=O) groups excluding carboxylic acids is 1. The summed E-state index contributed by atoms with van der Waals surface area (Å²) in [5.41, 5.74) is 2.15. The molecule has 0 unspecified atom stereocenters. The van der Waals surface area contributed by atoms with Crippen molar-refractivity contribution in [3.05, 3.63) is 0 Å². The maximum absolute atomic E-state index is 10.4. The molecule has 13 heavy (non-hydrogen) atoms. The van der Waals surface area contributed by atoms with Crippen LogP contribution in [0, 0.1) is 5.41 Å². The van der Waals surface area contributed by atoms with E-state index in [1.54, 1.807) is 0 Å². The Bertz CT molecular complexity index is 163. The second kappa shape index (κ2) is 9.27. The highest BCUT2D eigenvalue weighted by atomic mass is 79.9. The van der Waals surface area contributed by atoms with E-state index in [1.807, 2.05) is 0 Å². The number of hydrogen-bond donors (Lipinski definition) is 5. The number of hydrazine groups is 1. The topological polar surface area (TPSA) is 103 Å². The normalized spacial score (nSPS) is 8.15. The van der Waals surface area contributed by atoms with Crippen molar-refractivity contribution in [1.82, 2.24) is 16.1 Å². The molecule has 0 aromatic carbocycles. The minimum absolute atomic E-state index is 0. The van der Waals surface area contributed by atoms with Crippen LogP contribution in [0.2, 0.25) is 0 Å². The van der Waals surface area contributed by atoms with Gasteiger partial charge in [-0.1, -0.05) is 0 Å². The minimum Gasteiger partial charge on any atom is -0.356 e. The van der Waals surface area contributed by atoms with Gasteiger partial charge in [0.25, 0.3) is 0 Å². The standard InChI is InChI=1S/C6H15N5O.BrH/c1-5(12)9-3-2-4-10-6(7)11-8;/h2-4,8H2,1H3,(H,9,12)(H3,7,10,11);1H. The van der Waals surface area contributed by atoms with Crippen molar-refractivity contribution in [2.75, 3.05) is 13.1 Å². The number of carbonyl (C=O) groups is 1. The average molecular weight is 254 g/mol. The smallest absolute Gasteiger partial charge is 0.216 e. The van der Waals surface area contributed by atoms with E-state index in [-0.39, 0.29) is 28.8 Å². The fraction of sp³-hybridized carbons (Fsp3) is 0.667. The van der Waals surface area contributed by atoms with Gasteiger partial charge in [-0.05, 0) is 6.42 Å². The molecule has 0 saturated carbocycles. The first kappa shape index (κ1) is 14.7. The molecule has 0 bridgehead atoms. The van der Waals surface area contributed by atoms with Crippen LogP contribution in [0.1, 0.15) is 13.3 Å². The molecule has 0 aromatic rings. The van der Waals surface area contributed by atoms with E-state index < -0.39 is 0 Å². The lowest BCUT2D eigenvalue weighted by molar-refractivity contribution is -0.118. The highest BCUT2D eigenvalue weighted by molar-refractivity contribution is 8.93. The maximum atomic E-state index is 10.4. The molecule has 0 atom stereocenters. The van der Waals surface area contributed by atoms with Crippen LogP contribution in [0.5, 0.6) is 0 Å². The van der Waals surface area contributed by atoms with Crippen molar-refractivity contribution in [2.45, 2.75) is 13.3 Å². The van der Waals surface area contributed by atoms with Crippen LogP contribution < -0.4 is 21.9 Å². The van der Waals surface area contributed by atoms with Crippen LogP contribution in [-0.2, 0) is 4.79 Å². The number of nitrogens with two attached hydrogens (primary N) is 1. The monoisotopic (exact) mass is 253 g/mol. The number of hydrogen-bond acceptors (Lipinski definition) is 3.